The summed E-state index contributed by atoms with van der Waals surface area (Å²) >= 11 is 6.13. The van der Waals surface area contributed by atoms with E-state index in [1.807, 2.05) is 42.8 Å². The molecule has 1 aliphatic heterocycles. The second kappa shape index (κ2) is 13.7. The second-order valence-electron chi connectivity index (χ2n) is 6.97. The number of hydrogen-bond acceptors (Lipinski definition) is 6. The molecule has 0 bridgehead atoms. The lowest BCUT2D eigenvalue weighted by Crippen LogP contribution is -2.45. The molecule has 0 amide bonds. The second-order valence-corrected chi connectivity index (χ2v) is 7.38. The van der Waals surface area contributed by atoms with Crippen LogP contribution in [-0.4, -0.2) is 78.2 Å². The van der Waals surface area contributed by atoms with Gasteiger partial charge in [0.25, 0.3) is 0 Å². The van der Waals surface area contributed by atoms with Crippen molar-refractivity contribution < 1.29 is 9.47 Å². The van der Waals surface area contributed by atoms with Crippen molar-refractivity contribution in [2.75, 3.05) is 52.5 Å². The fourth-order valence-corrected chi connectivity index (χ4v) is 3.15. The molecule has 9 nitrogen and oxygen atoms in total. The van der Waals surface area contributed by atoms with Gasteiger partial charge in [-0.15, -0.1) is 34.2 Å². The number of benzene rings is 1. The minimum absolute atomic E-state index is 0. The number of aryl methyl sites for hydroxylation is 1. The Hall–Kier alpha value is -1.63. The van der Waals surface area contributed by atoms with Gasteiger partial charge >= 0.3 is 0 Å². The Kier molecular flexibility index (Phi) is 11.3. The van der Waals surface area contributed by atoms with Crippen LogP contribution in [0, 0.1) is 6.92 Å². The largest absolute Gasteiger partial charge is 0.490 e. The number of aliphatic imine (C=N–C) groups is 1. The Balaban J connectivity index is 0.00000341. The highest BCUT2D eigenvalue weighted by Gasteiger charge is 2.10. The molecule has 172 valence electrons. The van der Waals surface area contributed by atoms with Gasteiger partial charge in [0.1, 0.15) is 24.7 Å². The number of nitrogens with zero attached hydrogens (tertiary/aromatic N) is 5. The van der Waals surface area contributed by atoms with Gasteiger partial charge in [-0.2, -0.15) is 0 Å². The first-order valence-electron chi connectivity index (χ1n) is 10.2. The van der Waals surface area contributed by atoms with Gasteiger partial charge in [-0.3, -0.25) is 4.90 Å². The van der Waals surface area contributed by atoms with Crippen LogP contribution in [-0.2, 0) is 18.3 Å². The van der Waals surface area contributed by atoms with Crippen molar-refractivity contribution in [2.45, 2.75) is 13.5 Å². The fraction of sp³-hybridized carbons (Fsp3) is 0.550. The molecule has 31 heavy (non-hydrogen) atoms. The van der Waals surface area contributed by atoms with Crippen LogP contribution in [0.1, 0.15) is 11.6 Å². The Morgan fingerprint density at radius 3 is 2.65 bits per heavy atom. The monoisotopic (exact) mass is 563 g/mol. The van der Waals surface area contributed by atoms with Gasteiger partial charge in [0.2, 0.25) is 0 Å². The molecule has 0 aliphatic carbocycles. The van der Waals surface area contributed by atoms with Crippen LogP contribution in [0.2, 0.25) is 5.02 Å². The molecule has 2 N–H and O–H groups in total. The van der Waals surface area contributed by atoms with E-state index in [1.165, 1.54) is 0 Å². The minimum Gasteiger partial charge on any atom is -0.490 e. The van der Waals surface area contributed by atoms with Crippen molar-refractivity contribution in [3.63, 3.8) is 0 Å². The SMILES string of the molecule is Cc1nnc(CN=C(NCCOc2ccccc2Cl)NCCN2CCOCC2)n1C.I. The van der Waals surface area contributed by atoms with Crippen LogP contribution in [0.4, 0.5) is 0 Å². The number of aromatic nitrogens is 3. The highest BCUT2D eigenvalue weighted by Crippen LogP contribution is 2.22. The van der Waals surface area contributed by atoms with Crippen LogP contribution in [0.3, 0.4) is 0 Å². The molecule has 1 saturated heterocycles. The van der Waals surface area contributed by atoms with E-state index in [0.717, 1.165) is 51.0 Å². The molecule has 2 heterocycles. The van der Waals surface area contributed by atoms with Crippen molar-refractivity contribution in [2.24, 2.45) is 12.0 Å². The van der Waals surface area contributed by atoms with E-state index in [2.05, 4.69) is 30.7 Å². The van der Waals surface area contributed by atoms with Gasteiger partial charge in [0.15, 0.2) is 11.8 Å². The van der Waals surface area contributed by atoms with E-state index in [-0.39, 0.29) is 24.0 Å². The standard InChI is InChI=1S/C20H30ClN7O2.HI/c1-16-25-26-19(27(16)2)15-24-20(22-7-9-28-10-13-29-14-11-28)23-8-12-30-18-6-4-3-5-17(18)21;/h3-6H,7-15H2,1-2H3,(H2,22,23,24);1H. The lowest BCUT2D eigenvalue weighted by atomic mass is 10.3. The van der Waals surface area contributed by atoms with E-state index >= 15 is 0 Å². The molecule has 1 fully saturated rings. The quantitative estimate of drug-likeness (QED) is 0.208. The number of para-hydroxylation sites is 1. The van der Waals surface area contributed by atoms with Gasteiger partial charge < -0.3 is 24.7 Å². The molecule has 1 aromatic carbocycles. The third-order valence-corrected chi connectivity index (χ3v) is 5.19. The molecule has 1 aromatic heterocycles. The normalized spacial score (nSPS) is 14.7. The van der Waals surface area contributed by atoms with Crippen LogP contribution in [0.5, 0.6) is 5.75 Å². The van der Waals surface area contributed by atoms with Crippen LogP contribution in [0.15, 0.2) is 29.3 Å². The zero-order chi connectivity index (χ0) is 21.2. The van der Waals surface area contributed by atoms with Gasteiger partial charge in [-0.05, 0) is 19.1 Å². The minimum atomic E-state index is 0. The lowest BCUT2D eigenvalue weighted by molar-refractivity contribution is 0.0389. The maximum Gasteiger partial charge on any atom is 0.191 e. The van der Waals surface area contributed by atoms with Gasteiger partial charge in [0, 0.05) is 33.2 Å². The number of ether oxygens (including phenoxy) is 2. The highest BCUT2D eigenvalue weighted by molar-refractivity contribution is 14.0. The van der Waals surface area contributed by atoms with Crippen LogP contribution < -0.4 is 15.4 Å². The van der Waals surface area contributed by atoms with Crippen molar-refractivity contribution in [1.29, 1.82) is 0 Å². The summed E-state index contributed by atoms with van der Waals surface area (Å²) in [4.78, 5) is 7.03. The first-order valence-corrected chi connectivity index (χ1v) is 10.6. The topological polar surface area (TPSA) is 88.8 Å². The highest BCUT2D eigenvalue weighted by atomic mass is 127. The van der Waals surface area contributed by atoms with Crippen molar-refractivity contribution in [3.05, 3.63) is 40.9 Å². The number of halogens is 2. The summed E-state index contributed by atoms with van der Waals surface area (Å²) in [6.45, 7) is 8.66. The molecule has 3 rings (SSSR count). The third-order valence-electron chi connectivity index (χ3n) is 4.87. The average molecular weight is 564 g/mol. The fourth-order valence-electron chi connectivity index (χ4n) is 2.96. The summed E-state index contributed by atoms with van der Waals surface area (Å²) in [7, 11) is 1.94. The first kappa shape index (κ1) is 25.6. The van der Waals surface area contributed by atoms with E-state index in [4.69, 9.17) is 21.1 Å². The Bertz CT molecular complexity index is 828. The van der Waals surface area contributed by atoms with Crippen molar-refractivity contribution in [3.8, 4) is 5.75 Å². The lowest BCUT2D eigenvalue weighted by Gasteiger charge is -2.26. The summed E-state index contributed by atoms with van der Waals surface area (Å²) in [6.07, 6.45) is 0. The predicted molar refractivity (Wildman–Crippen MR) is 133 cm³/mol. The maximum atomic E-state index is 6.13. The average Bonchev–Trinajstić information content (AvgIpc) is 3.08. The molecule has 2 aromatic rings. The van der Waals surface area contributed by atoms with E-state index in [9.17, 15) is 0 Å². The number of hydrogen-bond donors (Lipinski definition) is 2. The van der Waals surface area contributed by atoms with Crippen LogP contribution >= 0.6 is 35.6 Å². The number of guanidine groups is 1. The van der Waals surface area contributed by atoms with E-state index in [1.54, 1.807) is 0 Å². The Morgan fingerprint density at radius 1 is 1.19 bits per heavy atom. The van der Waals surface area contributed by atoms with Gasteiger partial charge in [-0.25, -0.2) is 4.99 Å². The molecule has 11 heteroatoms. The third kappa shape index (κ3) is 8.43. The number of nitrogens with one attached hydrogen (secondary N) is 2. The maximum absolute atomic E-state index is 6.13. The number of rotatable bonds is 9. The summed E-state index contributed by atoms with van der Waals surface area (Å²) in [5, 5.41) is 15.6. The molecular weight excluding hydrogens is 533 g/mol. The number of morpholine rings is 1. The zero-order valence-corrected chi connectivity index (χ0v) is 21.1. The van der Waals surface area contributed by atoms with Gasteiger partial charge in [-0.1, -0.05) is 23.7 Å². The summed E-state index contributed by atoms with van der Waals surface area (Å²) < 4.78 is 13.1. The molecular formula is C20H31ClIN7O2. The molecule has 0 radical (unpaired) electrons. The molecule has 0 saturated carbocycles. The Labute approximate surface area is 205 Å². The molecule has 0 unspecified atom stereocenters. The van der Waals surface area contributed by atoms with E-state index < -0.39 is 0 Å². The van der Waals surface area contributed by atoms with E-state index in [0.29, 0.717) is 36.4 Å². The zero-order valence-electron chi connectivity index (χ0n) is 18.0. The van der Waals surface area contributed by atoms with Crippen LogP contribution in [0.25, 0.3) is 0 Å². The Morgan fingerprint density at radius 2 is 1.94 bits per heavy atom. The predicted octanol–water partition coefficient (Wildman–Crippen LogP) is 1.84. The summed E-state index contributed by atoms with van der Waals surface area (Å²) in [6, 6.07) is 7.45. The van der Waals surface area contributed by atoms with Gasteiger partial charge in [0.05, 0.1) is 24.8 Å². The molecule has 0 spiro atoms. The smallest absolute Gasteiger partial charge is 0.191 e. The first-order chi connectivity index (χ1) is 14.6. The summed E-state index contributed by atoms with van der Waals surface area (Å²) in [5.74, 6) is 3.07. The van der Waals surface area contributed by atoms with Crippen molar-refractivity contribution >= 4 is 41.5 Å². The van der Waals surface area contributed by atoms with Crippen molar-refractivity contribution in [1.82, 2.24) is 30.3 Å². The molecule has 0 atom stereocenters. The summed E-state index contributed by atoms with van der Waals surface area (Å²) in [5.41, 5.74) is 0. The molecule has 1 aliphatic rings.